The molecule has 2 aromatic rings. The molecule has 31 heavy (non-hydrogen) atoms. The van der Waals surface area contributed by atoms with Crippen molar-refractivity contribution >= 4 is 11.8 Å². The highest BCUT2D eigenvalue weighted by atomic mass is 19.4. The molecule has 1 aliphatic heterocycles. The van der Waals surface area contributed by atoms with E-state index in [-0.39, 0.29) is 25.0 Å². The number of nitrogens with zero attached hydrogens (tertiary/aromatic N) is 2. The van der Waals surface area contributed by atoms with Crippen LogP contribution in [0.4, 0.5) is 13.2 Å². The largest absolute Gasteiger partial charge is 0.493 e. The predicted octanol–water partition coefficient (Wildman–Crippen LogP) is 2.09. The number of hydrogen-bond acceptors (Lipinski definition) is 5. The number of hydrogen-bond donors (Lipinski definition) is 2. The van der Waals surface area contributed by atoms with Crippen LogP contribution in [0, 0.1) is 0 Å². The van der Waals surface area contributed by atoms with E-state index in [4.69, 9.17) is 9.47 Å². The summed E-state index contributed by atoms with van der Waals surface area (Å²) in [5.74, 6) is -0.116. The summed E-state index contributed by atoms with van der Waals surface area (Å²) in [5, 5.41) is 9.60. The number of alkyl halides is 3. The molecule has 168 valence electrons. The number of aromatic amines is 1. The van der Waals surface area contributed by atoms with E-state index < -0.39 is 17.8 Å². The molecule has 1 atom stereocenters. The molecule has 1 fully saturated rings. The monoisotopic (exact) mass is 440 g/mol. The number of ether oxygens (including phenoxy) is 2. The van der Waals surface area contributed by atoms with Crippen molar-refractivity contribution < 1.29 is 32.2 Å². The number of morpholine rings is 1. The molecule has 1 aromatic carbocycles. The first kappa shape index (κ1) is 22.6. The first-order valence-corrected chi connectivity index (χ1v) is 9.70. The third kappa shape index (κ3) is 6.45. The Morgan fingerprint density at radius 3 is 2.74 bits per heavy atom. The summed E-state index contributed by atoms with van der Waals surface area (Å²) in [5.41, 5.74) is 0.684. The van der Waals surface area contributed by atoms with Crippen LogP contribution in [0.1, 0.15) is 30.0 Å². The van der Waals surface area contributed by atoms with Gasteiger partial charge in [-0.25, -0.2) is 0 Å². The van der Waals surface area contributed by atoms with Gasteiger partial charge in [0.25, 0.3) is 0 Å². The van der Waals surface area contributed by atoms with E-state index in [0.29, 0.717) is 37.6 Å². The molecule has 2 heterocycles. The second-order valence-corrected chi connectivity index (χ2v) is 7.05. The van der Waals surface area contributed by atoms with Gasteiger partial charge in [-0.3, -0.25) is 14.7 Å². The molecule has 1 aromatic heterocycles. The highest BCUT2D eigenvalue weighted by Crippen LogP contribution is 2.30. The topological polar surface area (TPSA) is 96.5 Å². The number of rotatable bonds is 7. The maximum atomic E-state index is 12.6. The van der Waals surface area contributed by atoms with Crippen molar-refractivity contribution in [2.75, 3.05) is 32.8 Å². The summed E-state index contributed by atoms with van der Waals surface area (Å²) in [6.07, 6.45) is -4.31. The van der Waals surface area contributed by atoms with E-state index in [0.717, 1.165) is 17.8 Å². The number of amides is 2. The van der Waals surface area contributed by atoms with Crippen LogP contribution in [0.2, 0.25) is 0 Å². The Labute approximate surface area is 176 Å². The first-order valence-electron chi connectivity index (χ1n) is 9.70. The summed E-state index contributed by atoms with van der Waals surface area (Å²) in [6.45, 7) is 2.66. The highest BCUT2D eigenvalue weighted by Gasteiger charge is 2.30. The van der Waals surface area contributed by atoms with Gasteiger partial charge in [0, 0.05) is 25.6 Å². The summed E-state index contributed by atoms with van der Waals surface area (Å²) < 4.78 is 49.0. The zero-order chi connectivity index (χ0) is 22.4. The van der Waals surface area contributed by atoms with Crippen LogP contribution >= 0.6 is 0 Å². The third-order valence-electron chi connectivity index (χ3n) is 4.71. The Balaban J connectivity index is 1.48. The predicted molar refractivity (Wildman–Crippen MR) is 103 cm³/mol. The van der Waals surface area contributed by atoms with Crippen molar-refractivity contribution in [3.8, 4) is 5.75 Å². The molecule has 8 nitrogen and oxygen atoms in total. The SMILES string of the molecule is CC(=O)NCC(=O)N1CCOC(c2cc(CCOc3ccc(C(F)(F)F)cc3)[nH]n2)C1. The summed E-state index contributed by atoms with van der Waals surface area (Å²) >= 11 is 0. The lowest BCUT2D eigenvalue weighted by atomic mass is 10.2. The molecule has 11 heteroatoms. The number of nitrogens with one attached hydrogen (secondary N) is 2. The van der Waals surface area contributed by atoms with Gasteiger partial charge >= 0.3 is 6.18 Å². The highest BCUT2D eigenvalue weighted by molar-refractivity contribution is 5.83. The average molecular weight is 440 g/mol. The Morgan fingerprint density at radius 1 is 1.32 bits per heavy atom. The van der Waals surface area contributed by atoms with Crippen LogP contribution in [0.5, 0.6) is 5.75 Å². The molecular weight excluding hydrogens is 417 g/mol. The second kappa shape index (κ2) is 9.82. The molecule has 1 aliphatic rings. The molecular formula is C20H23F3N4O4. The fraction of sp³-hybridized carbons (Fsp3) is 0.450. The van der Waals surface area contributed by atoms with Gasteiger partial charge in [-0.1, -0.05) is 0 Å². The van der Waals surface area contributed by atoms with Gasteiger partial charge in [0.2, 0.25) is 11.8 Å². The van der Waals surface area contributed by atoms with E-state index in [9.17, 15) is 22.8 Å². The van der Waals surface area contributed by atoms with Crippen LogP contribution in [-0.2, 0) is 26.9 Å². The lowest BCUT2D eigenvalue weighted by Crippen LogP contribution is -2.46. The van der Waals surface area contributed by atoms with Gasteiger partial charge in [-0.2, -0.15) is 18.3 Å². The van der Waals surface area contributed by atoms with Crippen molar-refractivity contribution in [2.24, 2.45) is 0 Å². The Kier molecular flexibility index (Phi) is 7.16. The molecule has 2 amide bonds. The fourth-order valence-corrected chi connectivity index (χ4v) is 3.06. The van der Waals surface area contributed by atoms with E-state index in [1.807, 2.05) is 6.07 Å². The normalized spacial score (nSPS) is 16.8. The van der Waals surface area contributed by atoms with Gasteiger partial charge in [0.05, 0.1) is 37.6 Å². The maximum absolute atomic E-state index is 12.6. The molecule has 0 saturated carbocycles. The number of carbonyl (C=O) groups excluding carboxylic acids is 2. The average Bonchev–Trinajstić information content (AvgIpc) is 3.21. The standard InChI is InChI=1S/C20H23F3N4O4/c1-13(28)24-11-19(29)27-7-9-31-18(12-27)17-10-15(25-26-17)6-8-30-16-4-2-14(3-5-16)20(21,22)23/h2-5,10,18H,6-9,11-12H2,1H3,(H,24,28)(H,25,26). The fourth-order valence-electron chi connectivity index (χ4n) is 3.06. The molecule has 1 saturated heterocycles. The lowest BCUT2D eigenvalue weighted by Gasteiger charge is -2.32. The molecule has 3 rings (SSSR count). The first-order chi connectivity index (χ1) is 14.7. The Morgan fingerprint density at radius 2 is 2.06 bits per heavy atom. The van der Waals surface area contributed by atoms with Crippen molar-refractivity contribution in [1.82, 2.24) is 20.4 Å². The van der Waals surface area contributed by atoms with Crippen LogP contribution in [0.25, 0.3) is 0 Å². The molecule has 0 bridgehead atoms. The number of benzene rings is 1. The Hall–Kier alpha value is -3.08. The van der Waals surface area contributed by atoms with Crippen molar-refractivity contribution in [2.45, 2.75) is 25.6 Å². The number of carbonyl (C=O) groups is 2. The molecule has 0 aliphatic carbocycles. The summed E-state index contributed by atoms with van der Waals surface area (Å²) in [4.78, 5) is 24.8. The number of halogens is 3. The number of H-pyrrole nitrogens is 1. The van der Waals surface area contributed by atoms with E-state index >= 15 is 0 Å². The van der Waals surface area contributed by atoms with E-state index in [1.54, 1.807) is 4.90 Å². The van der Waals surface area contributed by atoms with Crippen LogP contribution in [-0.4, -0.2) is 59.8 Å². The van der Waals surface area contributed by atoms with Crippen molar-refractivity contribution in [1.29, 1.82) is 0 Å². The number of aromatic nitrogens is 2. The minimum atomic E-state index is -4.38. The quantitative estimate of drug-likeness (QED) is 0.687. The zero-order valence-electron chi connectivity index (χ0n) is 16.9. The van der Waals surface area contributed by atoms with Crippen molar-refractivity contribution in [3.63, 3.8) is 0 Å². The van der Waals surface area contributed by atoms with Crippen LogP contribution in [0.3, 0.4) is 0 Å². The van der Waals surface area contributed by atoms with Gasteiger partial charge in [-0.05, 0) is 30.3 Å². The second-order valence-electron chi connectivity index (χ2n) is 7.05. The van der Waals surface area contributed by atoms with Gasteiger partial charge in [0.1, 0.15) is 11.9 Å². The molecule has 2 N–H and O–H groups in total. The summed E-state index contributed by atoms with van der Waals surface area (Å²) in [6, 6.07) is 6.32. The minimum absolute atomic E-state index is 0.0604. The Bertz CT molecular complexity index is 899. The summed E-state index contributed by atoms with van der Waals surface area (Å²) in [7, 11) is 0. The zero-order valence-corrected chi connectivity index (χ0v) is 16.9. The minimum Gasteiger partial charge on any atom is -0.493 e. The lowest BCUT2D eigenvalue weighted by molar-refractivity contribution is -0.139. The third-order valence-corrected chi connectivity index (χ3v) is 4.71. The van der Waals surface area contributed by atoms with Crippen LogP contribution in [0.15, 0.2) is 30.3 Å². The van der Waals surface area contributed by atoms with E-state index in [1.165, 1.54) is 19.1 Å². The molecule has 0 radical (unpaired) electrons. The van der Waals surface area contributed by atoms with Crippen molar-refractivity contribution in [3.05, 3.63) is 47.3 Å². The van der Waals surface area contributed by atoms with E-state index in [2.05, 4.69) is 15.5 Å². The smallest absolute Gasteiger partial charge is 0.416 e. The molecule has 0 spiro atoms. The molecule has 1 unspecified atom stereocenters. The van der Waals surface area contributed by atoms with Gasteiger partial charge in [0.15, 0.2) is 0 Å². The maximum Gasteiger partial charge on any atom is 0.416 e. The van der Waals surface area contributed by atoms with Gasteiger partial charge < -0.3 is 19.7 Å². The van der Waals surface area contributed by atoms with Gasteiger partial charge in [-0.15, -0.1) is 0 Å². The van der Waals surface area contributed by atoms with Crippen LogP contribution < -0.4 is 10.1 Å².